The van der Waals surface area contributed by atoms with Crippen LogP contribution in [0.15, 0.2) is 48.6 Å². The Balaban J connectivity index is 0.000000245. The normalized spacial score (nSPS) is 12.4. The van der Waals surface area contributed by atoms with Crippen molar-refractivity contribution in [3.05, 3.63) is 292 Å². The fourth-order valence-corrected chi connectivity index (χ4v) is 11.7. The minimum absolute atomic E-state index is 0. The van der Waals surface area contributed by atoms with E-state index in [0.29, 0.717) is 11.8 Å². The fourth-order valence-electron chi connectivity index (χ4n) is 11.7. The van der Waals surface area contributed by atoms with E-state index >= 15 is 70.2 Å². The molecule has 0 bridgehead atoms. The maximum atomic E-state index is 15.4. The maximum absolute atomic E-state index is 15.4. The Morgan fingerprint density at radius 3 is 0.457 bits per heavy atom. The van der Waals surface area contributed by atoms with E-state index in [4.69, 9.17) is 0 Å². The molecule has 0 aliphatic heterocycles. The monoisotopic (exact) mass is 1600 g/mol. The number of hydrogen-bond acceptors (Lipinski definition) is 0. The molecule has 0 N–H and O–H groups in total. The Morgan fingerprint density at radius 2 is 0.324 bits per heavy atom. The van der Waals surface area contributed by atoms with Crippen LogP contribution in [0, 0.1) is 233 Å². The molecule has 0 saturated heterocycles. The van der Waals surface area contributed by atoms with Crippen LogP contribution >= 0.6 is 0 Å². The third kappa shape index (κ3) is 12.2. The van der Waals surface area contributed by atoms with Crippen molar-refractivity contribution in [2.75, 3.05) is 0 Å². The molecule has 0 heterocycles. The summed E-state index contributed by atoms with van der Waals surface area (Å²) in [6, 6.07) is 8.72. The minimum atomic E-state index is -7.22. The molecular weight excluding hydrogens is 1580 g/mol. The summed E-state index contributed by atoms with van der Waals surface area (Å²) in [5, 5.41) is 0. The van der Waals surface area contributed by atoms with Crippen molar-refractivity contribution < 1.29 is 193 Å². The maximum Gasteiger partial charge on any atom is 2.00 e. The molecule has 558 valence electrons. The van der Waals surface area contributed by atoms with Gasteiger partial charge in [-0.05, 0) is 17.0 Å². The molecule has 1 aliphatic carbocycles. The van der Waals surface area contributed by atoms with Gasteiger partial charge in [0.15, 0.2) is 140 Å². The van der Waals surface area contributed by atoms with Crippen molar-refractivity contribution in [3.8, 4) is 0 Å². The Morgan fingerprint density at radius 1 is 0.200 bits per heavy atom. The van der Waals surface area contributed by atoms with E-state index in [-0.39, 0.29) is 17.1 Å². The van der Waals surface area contributed by atoms with Crippen LogP contribution in [0.2, 0.25) is 0 Å². The summed E-state index contributed by atoms with van der Waals surface area (Å²) in [6.45, 7) is 4.50. The van der Waals surface area contributed by atoms with Gasteiger partial charge in [-0.1, -0.05) is 62.4 Å². The molecule has 0 radical (unpaired) electrons. The van der Waals surface area contributed by atoms with Gasteiger partial charge in [0, 0.05) is 5.92 Å². The predicted octanol–water partition coefficient (Wildman–Crippen LogP) is 15.7. The van der Waals surface area contributed by atoms with Crippen LogP contribution in [-0.4, -0.2) is 12.3 Å². The number of rotatable bonds is 10. The molecule has 9 aromatic rings. The first-order chi connectivity index (χ1) is 48.2. The van der Waals surface area contributed by atoms with E-state index in [1.54, 1.807) is 0 Å². The molecule has 1 aliphatic rings. The van der Waals surface area contributed by atoms with E-state index in [9.17, 15) is 105 Å². The summed E-state index contributed by atoms with van der Waals surface area (Å²) in [4.78, 5) is 0. The van der Waals surface area contributed by atoms with Crippen molar-refractivity contribution in [1.82, 2.24) is 0 Å². The second-order valence-electron chi connectivity index (χ2n) is 21.7. The summed E-state index contributed by atoms with van der Waals surface area (Å²) in [6.07, 6.45) is -5.68. The first-order valence-electron chi connectivity index (χ1n) is 27.1. The SMILES string of the molecule is CC(C)c1ccccc1C1C=CC=C1.Fc1c(F)c(F)c([B-](c2c(F)c(F)c(F)c(F)c2F)(c2c(F)c(F)c(F)c(F)c2F)c2c(F)c(F)c(F)c(F)c2F)c(F)c1F.Fc1c(F)c(F)c([B-](c2c(F)c(F)c(F)c(F)c2F)(c2c(F)c(F)c(F)c(F)c2F)c2c(F)c(F)c(F)c(F)c2F)c(F)c1F.[Fe+2]. The molecule has 0 amide bonds. The van der Waals surface area contributed by atoms with Crippen LogP contribution in [-0.2, 0) is 17.1 Å². The van der Waals surface area contributed by atoms with Gasteiger partial charge in [-0.15, -0.1) is 43.7 Å². The van der Waals surface area contributed by atoms with Crippen LogP contribution in [0.5, 0.6) is 0 Å². The van der Waals surface area contributed by atoms with Gasteiger partial charge >= 0.3 is 17.1 Å². The van der Waals surface area contributed by atoms with Crippen molar-refractivity contribution in [2.24, 2.45) is 0 Å². The van der Waals surface area contributed by atoms with E-state index in [2.05, 4.69) is 62.4 Å². The second-order valence-corrected chi connectivity index (χ2v) is 21.7. The average molecular weight is 1600 g/mol. The first-order valence-corrected chi connectivity index (χ1v) is 27.1. The van der Waals surface area contributed by atoms with Crippen molar-refractivity contribution in [3.63, 3.8) is 0 Å². The molecule has 105 heavy (non-hydrogen) atoms. The zero-order valence-electron chi connectivity index (χ0n) is 49.4. The molecule has 0 atom stereocenters. The molecule has 0 unspecified atom stereocenters. The Hall–Kier alpha value is -9.69. The summed E-state index contributed by atoms with van der Waals surface area (Å²) in [7, 11) is 0. The van der Waals surface area contributed by atoms with Gasteiger partial charge in [0.25, 0.3) is 0 Å². The van der Waals surface area contributed by atoms with Crippen LogP contribution in [0.25, 0.3) is 0 Å². The number of allylic oxidation sites excluding steroid dienone is 4. The molecule has 10 rings (SSSR count). The van der Waals surface area contributed by atoms with Crippen LogP contribution in [0.4, 0.5) is 176 Å². The van der Waals surface area contributed by atoms with Gasteiger partial charge < -0.3 is 0 Å². The van der Waals surface area contributed by atoms with Crippen molar-refractivity contribution in [2.45, 2.75) is 25.7 Å². The molecule has 0 aromatic heterocycles. The largest absolute Gasteiger partial charge is 2.00 e. The Labute approximate surface area is 565 Å². The average Bonchev–Trinajstić information content (AvgIpc) is 0.776. The number of halogens is 40. The van der Waals surface area contributed by atoms with E-state index < -0.39 is 289 Å². The second kappa shape index (κ2) is 29.7. The van der Waals surface area contributed by atoms with Crippen molar-refractivity contribution in [1.29, 1.82) is 0 Å². The summed E-state index contributed by atoms with van der Waals surface area (Å²) in [5.41, 5.74) is -25.7. The molecule has 9 aromatic carbocycles. The smallest absolute Gasteiger partial charge is 0.207 e. The summed E-state index contributed by atoms with van der Waals surface area (Å²) >= 11 is 0. The van der Waals surface area contributed by atoms with Gasteiger partial charge in [-0.2, -0.15) is 0 Å². The van der Waals surface area contributed by atoms with Crippen LogP contribution in [0.1, 0.15) is 36.8 Å². The van der Waals surface area contributed by atoms with E-state index in [0.717, 1.165) is 0 Å². The predicted molar refractivity (Wildman–Crippen MR) is 280 cm³/mol. The molecule has 0 spiro atoms. The van der Waals surface area contributed by atoms with Gasteiger partial charge in [-0.25, -0.2) is 176 Å². The Bertz CT molecular complexity index is 4130. The molecular formula is C62H16B2F40Fe. The molecule has 0 nitrogen and oxygen atoms in total. The minimum Gasteiger partial charge on any atom is -0.207 e. The van der Waals surface area contributed by atoms with Gasteiger partial charge in [0.1, 0.15) is 105 Å². The topological polar surface area (TPSA) is 0 Å². The summed E-state index contributed by atoms with van der Waals surface area (Å²) < 4.78 is 588. The quantitative estimate of drug-likeness (QED) is 0.0554. The number of benzene rings is 9. The molecule has 43 heteroatoms. The third-order valence-corrected chi connectivity index (χ3v) is 16.1. The van der Waals surface area contributed by atoms with Crippen LogP contribution in [0.3, 0.4) is 0 Å². The molecule has 0 fully saturated rings. The Kier molecular flexibility index (Phi) is 23.4. The number of hydrogen-bond donors (Lipinski definition) is 0. The third-order valence-electron chi connectivity index (χ3n) is 16.1. The van der Waals surface area contributed by atoms with Crippen molar-refractivity contribution >= 4 is 56.0 Å². The standard InChI is InChI=1S/2C24BF20.C14H16.Fe/c2*26-5-1(6(27)14(35)21(42)13(5)34)25(2-7(28)15(36)22(43)16(37)8(2)29,3-9(30)17(38)23(44)18(39)10(3)31)4-11(32)19(40)24(45)20(41)12(4)33;1-11(2)13-9-5-6-10-14(13)12-7-3-4-8-12;/h;;3-12H,1-2H3;/q2*-1;;+2. The fraction of sp³-hybridized carbons (Fsp3) is 0.0645. The summed E-state index contributed by atoms with van der Waals surface area (Å²) in [5.74, 6) is -142. The van der Waals surface area contributed by atoms with Gasteiger partial charge in [0.2, 0.25) is 0 Å². The zero-order valence-corrected chi connectivity index (χ0v) is 50.5. The van der Waals surface area contributed by atoms with Gasteiger partial charge in [-0.3, -0.25) is 0 Å². The van der Waals surface area contributed by atoms with Gasteiger partial charge in [0.05, 0.1) is 0 Å². The molecule has 0 saturated carbocycles. The van der Waals surface area contributed by atoms with Crippen LogP contribution < -0.4 is 43.7 Å². The zero-order chi connectivity index (χ0) is 78.7. The van der Waals surface area contributed by atoms with E-state index in [1.807, 2.05) is 0 Å². The first kappa shape index (κ1) is 82.6. The van der Waals surface area contributed by atoms with E-state index in [1.165, 1.54) is 11.1 Å².